The minimum atomic E-state index is 0.664. The minimum Gasteiger partial charge on any atom is -0.393 e. The van der Waals surface area contributed by atoms with Crippen LogP contribution >= 0.6 is 12.2 Å². The Morgan fingerprint density at radius 3 is 2.60 bits per heavy atom. The molecule has 1 rings (SSSR count). The van der Waals surface area contributed by atoms with Gasteiger partial charge in [-0.25, -0.2) is 0 Å². The van der Waals surface area contributed by atoms with E-state index in [2.05, 4.69) is 11.8 Å². The quantitative estimate of drug-likeness (QED) is 0.511. The van der Waals surface area contributed by atoms with Crippen molar-refractivity contribution in [1.82, 2.24) is 4.90 Å². The number of thiocarbonyl (C=S) groups is 1. The highest BCUT2D eigenvalue weighted by molar-refractivity contribution is 7.80. The third-order valence-corrected chi connectivity index (χ3v) is 3.54. The van der Waals surface area contributed by atoms with Crippen LogP contribution in [0.3, 0.4) is 0 Å². The molecular weight excluding hydrogens is 204 g/mol. The summed E-state index contributed by atoms with van der Waals surface area (Å²) < 4.78 is 0. The molecule has 0 amide bonds. The smallest absolute Gasteiger partial charge is 0.0727 e. The standard InChI is InChI=1S/C12H24N2S/c1-2-14(10-11-6-5-7-11)9-4-3-8-12(13)15/h11H,2-10H2,1H3,(H2,13,15). The van der Waals surface area contributed by atoms with Gasteiger partial charge in [-0.3, -0.25) is 0 Å². The molecule has 15 heavy (non-hydrogen) atoms. The molecule has 0 atom stereocenters. The van der Waals surface area contributed by atoms with E-state index in [1.165, 1.54) is 45.3 Å². The van der Waals surface area contributed by atoms with Crippen molar-refractivity contribution in [2.24, 2.45) is 11.7 Å². The van der Waals surface area contributed by atoms with Crippen molar-refractivity contribution in [3.05, 3.63) is 0 Å². The second-order valence-electron chi connectivity index (χ2n) is 4.61. The summed E-state index contributed by atoms with van der Waals surface area (Å²) in [7, 11) is 0. The van der Waals surface area contributed by atoms with Gasteiger partial charge in [-0.05, 0) is 51.1 Å². The molecule has 0 heterocycles. The Morgan fingerprint density at radius 1 is 1.40 bits per heavy atom. The molecule has 1 aliphatic carbocycles. The maximum Gasteiger partial charge on any atom is 0.0727 e. The molecule has 0 bridgehead atoms. The van der Waals surface area contributed by atoms with Crippen LogP contribution in [-0.4, -0.2) is 29.5 Å². The Bertz CT molecular complexity index is 190. The van der Waals surface area contributed by atoms with Gasteiger partial charge >= 0.3 is 0 Å². The van der Waals surface area contributed by atoms with Crippen LogP contribution in [-0.2, 0) is 0 Å². The first-order valence-corrected chi connectivity index (χ1v) is 6.64. The molecule has 0 aliphatic heterocycles. The maximum atomic E-state index is 5.47. The van der Waals surface area contributed by atoms with Gasteiger partial charge in [0.05, 0.1) is 4.99 Å². The van der Waals surface area contributed by atoms with Gasteiger partial charge in [0, 0.05) is 6.54 Å². The zero-order valence-corrected chi connectivity index (χ0v) is 10.7. The molecule has 2 nitrogen and oxygen atoms in total. The highest BCUT2D eigenvalue weighted by Crippen LogP contribution is 2.27. The lowest BCUT2D eigenvalue weighted by molar-refractivity contribution is 0.182. The van der Waals surface area contributed by atoms with Crippen molar-refractivity contribution >= 4 is 17.2 Å². The highest BCUT2D eigenvalue weighted by Gasteiger charge is 2.19. The number of hydrogen-bond acceptors (Lipinski definition) is 2. The van der Waals surface area contributed by atoms with Crippen molar-refractivity contribution in [1.29, 1.82) is 0 Å². The molecule has 1 saturated carbocycles. The molecule has 0 saturated heterocycles. The first-order chi connectivity index (χ1) is 7.22. The van der Waals surface area contributed by atoms with Gasteiger partial charge in [0.2, 0.25) is 0 Å². The summed E-state index contributed by atoms with van der Waals surface area (Å²) in [5.74, 6) is 0.987. The second kappa shape index (κ2) is 7.18. The van der Waals surface area contributed by atoms with Crippen LogP contribution in [0.5, 0.6) is 0 Å². The maximum absolute atomic E-state index is 5.47. The van der Waals surface area contributed by atoms with Gasteiger partial charge in [0.25, 0.3) is 0 Å². The summed E-state index contributed by atoms with van der Waals surface area (Å²) in [4.78, 5) is 3.24. The van der Waals surface area contributed by atoms with E-state index < -0.39 is 0 Å². The van der Waals surface area contributed by atoms with Crippen LogP contribution in [0, 0.1) is 5.92 Å². The van der Waals surface area contributed by atoms with Crippen molar-refractivity contribution in [3.63, 3.8) is 0 Å². The van der Waals surface area contributed by atoms with Crippen LogP contribution in [0.4, 0.5) is 0 Å². The summed E-state index contributed by atoms with van der Waals surface area (Å²) in [6.07, 6.45) is 7.64. The molecule has 0 aromatic carbocycles. The van der Waals surface area contributed by atoms with Crippen molar-refractivity contribution in [3.8, 4) is 0 Å². The molecule has 0 aromatic heterocycles. The highest BCUT2D eigenvalue weighted by atomic mass is 32.1. The Morgan fingerprint density at radius 2 is 2.13 bits per heavy atom. The van der Waals surface area contributed by atoms with Crippen molar-refractivity contribution < 1.29 is 0 Å². The van der Waals surface area contributed by atoms with Gasteiger partial charge < -0.3 is 10.6 Å². The Hall–Kier alpha value is -0.150. The number of nitrogens with two attached hydrogens (primary N) is 1. The zero-order valence-electron chi connectivity index (χ0n) is 9.87. The first-order valence-electron chi connectivity index (χ1n) is 6.23. The summed E-state index contributed by atoms with van der Waals surface area (Å²) in [6, 6.07) is 0. The Balaban J connectivity index is 2.02. The van der Waals surface area contributed by atoms with Gasteiger partial charge in [-0.2, -0.15) is 0 Å². The van der Waals surface area contributed by atoms with Crippen LogP contribution in [0.1, 0.15) is 45.4 Å². The molecule has 0 spiro atoms. The number of hydrogen-bond donors (Lipinski definition) is 1. The molecule has 2 N–H and O–H groups in total. The van der Waals surface area contributed by atoms with E-state index in [1.807, 2.05) is 0 Å². The fraction of sp³-hybridized carbons (Fsp3) is 0.917. The number of nitrogens with zero attached hydrogens (tertiary/aromatic N) is 1. The van der Waals surface area contributed by atoms with Crippen LogP contribution in [0.15, 0.2) is 0 Å². The predicted octanol–water partition coefficient (Wildman–Crippen LogP) is 2.56. The Kier molecular flexibility index (Phi) is 6.18. The van der Waals surface area contributed by atoms with Crippen molar-refractivity contribution in [2.45, 2.75) is 45.4 Å². The first kappa shape index (κ1) is 12.9. The lowest BCUT2D eigenvalue weighted by Crippen LogP contribution is -2.33. The molecular formula is C12H24N2S. The SMILES string of the molecule is CCN(CCCCC(N)=S)CC1CCC1. The molecule has 1 aliphatic rings. The molecule has 1 fully saturated rings. The van der Waals surface area contributed by atoms with Crippen molar-refractivity contribution in [2.75, 3.05) is 19.6 Å². The summed E-state index contributed by atoms with van der Waals surface area (Å²) in [5, 5.41) is 0. The zero-order chi connectivity index (χ0) is 11.1. The van der Waals surface area contributed by atoms with Gasteiger partial charge in [0.1, 0.15) is 0 Å². The van der Waals surface area contributed by atoms with Gasteiger partial charge in [-0.1, -0.05) is 25.6 Å². The van der Waals surface area contributed by atoms with E-state index in [1.54, 1.807) is 0 Å². The largest absolute Gasteiger partial charge is 0.393 e. The van der Waals surface area contributed by atoms with E-state index in [4.69, 9.17) is 18.0 Å². The fourth-order valence-electron chi connectivity index (χ4n) is 2.05. The number of unbranched alkanes of at least 4 members (excludes halogenated alkanes) is 1. The molecule has 0 radical (unpaired) electrons. The molecule has 3 heteroatoms. The van der Waals surface area contributed by atoms with Gasteiger partial charge in [-0.15, -0.1) is 0 Å². The number of rotatable bonds is 8. The summed E-state index contributed by atoms with van der Waals surface area (Å²) in [5.41, 5.74) is 5.47. The van der Waals surface area contributed by atoms with E-state index in [-0.39, 0.29) is 0 Å². The lowest BCUT2D eigenvalue weighted by atomic mass is 9.85. The lowest BCUT2D eigenvalue weighted by Gasteiger charge is -2.31. The minimum absolute atomic E-state index is 0.664. The third-order valence-electron chi connectivity index (χ3n) is 3.34. The van der Waals surface area contributed by atoms with Gasteiger partial charge in [0.15, 0.2) is 0 Å². The Labute approximate surface area is 99.2 Å². The van der Waals surface area contributed by atoms with E-state index >= 15 is 0 Å². The normalized spacial score (nSPS) is 16.7. The third kappa shape index (κ3) is 5.47. The fourth-order valence-corrected chi connectivity index (χ4v) is 2.20. The van der Waals surface area contributed by atoms with Crippen LogP contribution < -0.4 is 5.73 Å². The monoisotopic (exact) mass is 228 g/mol. The van der Waals surface area contributed by atoms with E-state index in [0.29, 0.717) is 4.99 Å². The van der Waals surface area contributed by atoms with Crippen LogP contribution in [0.2, 0.25) is 0 Å². The summed E-state index contributed by atoms with van der Waals surface area (Å²) >= 11 is 4.86. The summed E-state index contributed by atoms with van der Waals surface area (Å²) in [6.45, 7) is 5.97. The molecule has 0 aromatic rings. The predicted molar refractivity (Wildman–Crippen MR) is 70.1 cm³/mol. The average molecular weight is 228 g/mol. The molecule has 88 valence electrons. The van der Waals surface area contributed by atoms with E-state index in [9.17, 15) is 0 Å². The average Bonchev–Trinajstić information content (AvgIpc) is 2.13. The topological polar surface area (TPSA) is 29.3 Å². The van der Waals surface area contributed by atoms with Crippen LogP contribution in [0.25, 0.3) is 0 Å². The second-order valence-corrected chi connectivity index (χ2v) is 5.14. The van der Waals surface area contributed by atoms with E-state index in [0.717, 1.165) is 18.8 Å². The molecule has 0 unspecified atom stereocenters.